The molecule has 2 amide bonds. The predicted octanol–water partition coefficient (Wildman–Crippen LogP) is 2.79. The van der Waals surface area contributed by atoms with E-state index in [4.69, 9.17) is 15.6 Å². The molecule has 3 rings (SSSR count). The molecule has 8 nitrogen and oxygen atoms in total. The summed E-state index contributed by atoms with van der Waals surface area (Å²) in [6.07, 6.45) is -0.388. The standard InChI is InChI=1S/C22H22F3N3O5S.ClH/c23-16-10-18(25)17(24)8-12(16)7-13(26)9-19(29)28-5-6-34-22(28)21(32)27-14-1-3-15(4-2-14)33-11-20(30)31;/h1-4,8,10,13,22H,5-7,9,11,26H2,(H,27,32)(H,30,31);1H/t13-,22?;/m1./s1. The van der Waals surface area contributed by atoms with Gasteiger partial charge in [-0.1, -0.05) is 0 Å². The van der Waals surface area contributed by atoms with Crippen LogP contribution in [0.5, 0.6) is 5.75 Å². The van der Waals surface area contributed by atoms with Gasteiger partial charge in [-0.15, -0.1) is 24.2 Å². The first kappa shape index (κ1) is 28.3. The third kappa shape index (κ3) is 7.77. The Hall–Kier alpha value is -2.96. The minimum atomic E-state index is -1.31. The van der Waals surface area contributed by atoms with Gasteiger partial charge in [0.05, 0.1) is 0 Å². The number of ether oxygens (including phenoxy) is 1. The molecule has 0 spiro atoms. The first-order valence-corrected chi connectivity index (χ1v) is 11.2. The molecule has 2 aromatic carbocycles. The second kappa shape index (κ2) is 12.7. The van der Waals surface area contributed by atoms with Crippen molar-refractivity contribution in [2.24, 2.45) is 5.73 Å². The fourth-order valence-electron chi connectivity index (χ4n) is 3.34. The van der Waals surface area contributed by atoms with Crippen LogP contribution in [0.4, 0.5) is 18.9 Å². The molecule has 4 N–H and O–H groups in total. The maximum atomic E-state index is 13.9. The van der Waals surface area contributed by atoms with Crippen LogP contribution in [0.3, 0.4) is 0 Å². The van der Waals surface area contributed by atoms with Crippen molar-refractivity contribution in [3.05, 3.63) is 59.4 Å². The zero-order chi connectivity index (χ0) is 24.8. The molecule has 2 atom stereocenters. The molecule has 1 aliphatic rings. The van der Waals surface area contributed by atoms with Crippen molar-refractivity contribution in [2.45, 2.75) is 24.3 Å². The third-order valence-electron chi connectivity index (χ3n) is 4.93. The molecule has 35 heavy (non-hydrogen) atoms. The number of hydrogen-bond acceptors (Lipinski definition) is 6. The van der Waals surface area contributed by atoms with Gasteiger partial charge in [-0.2, -0.15) is 0 Å². The van der Waals surface area contributed by atoms with E-state index >= 15 is 0 Å². The molecule has 0 saturated carbocycles. The number of aliphatic carboxylic acids is 1. The number of nitrogens with two attached hydrogens (primary N) is 1. The average molecular weight is 534 g/mol. The fourth-order valence-corrected chi connectivity index (χ4v) is 4.48. The smallest absolute Gasteiger partial charge is 0.341 e. The van der Waals surface area contributed by atoms with Gasteiger partial charge in [-0.05, 0) is 42.3 Å². The van der Waals surface area contributed by atoms with E-state index in [1.165, 1.54) is 40.9 Å². The summed E-state index contributed by atoms with van der Waals surface area (Å²) in [6, 6.07) is 6.36. The van der Waals surface area contributed by atoms with Crippen LogP contribution in [0, 0.1) is 17.5 Å². The Morgan fingerprint density at radius 3 is 2.46 bits per heavy atom. The minimum Gasteiger partial charge on any atom is -0.482 e. The fraction of sp³-hybridized carbons (Fsp3) is 0.318. The van der Waals surface area contributed by atoms with E-state index in [0.29, 0.717) is 29.8 Å². The Morgan fingerprint density at radius 1 is 1.14 bits per heavy atom. The maximum absolute atomic E-state index is 13.9. The lowest BCUT2D eigenvalue weighted by atomic mass is 10.0. The Balaban J connectivity index is 0.00000432. The van der Waals surface area contributed by atoms with Crippen LogP contribution in [0.15, 0.2) is 36.4 Å². The van der Waals surface area contributed by atoms with Gasteiger partial charge < -0.3 is 25.8 Å². The highest BCUT2D eigenvalue weighted by Crippen LogP contribution is 2.27. The second-order valence-electron chi connectivity index (χ2n) is 7.53. The van der Waals surface area contributed by atoms with E-state index < -0.39 is 53.3 Å². The maximum Gasteiger partial charge on any atom is 0.341 e. The number of carbonyl (C=O) groups excluding carboxylic acids is 2. The van der Waals surface area contributed by atoms with Crippen molar-refractivity contribution >= 4 is 47.6 Å². The summed E-state index contributed by atoms with van der Waals surface area (Å²) in [5.41, 5.74) is 6.24. The van der Waals surface area contributed by atoms with Gasteiger partial charge >= 0.3 is 5.97 Å². The van der Waals surface area contributed by atoms with E-state index in [0.717, 1.165) is 6.07 Å². The summed E-state index contributed by atoms with van der Waals surface area (Å²) in [7, 11) is 0. The Bertz CT molecular complexity index is 1080. The summed E-state index contributed by atoms with van der Waals surface area (Å²) >= 11 is 1.27. The Morgan fingerprint density at radius 2 is 1.80 bits per heavy atom. The number of nitrogens with zero attached hydrogens (tertiary/aromatic N) is 1. The highest BCUT2D eigenvalue weighted by Gasteiger charge is 2.35. The molecule has 0 radical (unpaired) electrons. The van der Waals surface area contributed by atoms with Crippen LogP contribution in [-0.2, 0) is 20.8 Å². The molecule has 1 unspecified atom stereocenters. The van der Waals surface area contributed by atoms with Crippen molar-refractivity contribution in [1.82, 2.24) is 4.90 Å². The zero-order valence-corrected chi connectivity index (χ0v) is 19.8. The number of halogens is 4. The minimum absolute atomic E-state index is 0. The van der Waals surface area contributed by atoms with Gasteiger partial charge in [0.1, 0.15) is 11.6 Å². The van der Waals surface area contributed by atoms with Crippen LogP contribution in [0.1, 0.15) is 12.0 Å². The van der Waals surface area contributed by atoms with Gasteiger partial charge in [0.2, 0.25) is 5.91 Å². The lowest BCUT2D eigenvalue weighted by Gasteiger charge is -2.24. The highest BCUT2D eigenvalue weighted by molar-refractivity contribution is 8.00. The number of carboxylic acids is 1. The van der Waals surface area contributed by atoms with Crippen molar-refractivity contribution in [3.8, 4) is 5.75 Å². The number of hydrogen-bond donors (Lipinski definition) is 3. The van der Waals surface area contributed by atoms with E-state index in [2.05, 4.69) is 5.32 Å². The first-order valence-electron chi connectivity index (χ1n) is 10.2. The summed E-state index contributed by atoms with van der Waals surface area (Å²) in [5, 5.41) is 10.5. The second-order valence-corrected chi connectivity index (χ2v) is 8.72. The number of carboxylic acid groups (broad SMARTS) is 1. The number of thioether (sulfide) groups is 1. The van der Waals surface area contributed by atoms with Crippen LogP contribution in [-0.4, -0.2) is 58.1 Å². The lowest BCUT2D eigenvalue weighted by molar-refractivity contribution is -0.139. The van der Waals surface area contributed by atoms with Gasteiger partial charge in [-0.3, -0.25) is 9.59 Å². The predicted molar refractivity (Wildman–Crippen MR) is 126 cm³/mol. The van der Waals surface area contributed by atoms with E-state index in [-0.39, 0.29) is 30.8 Å². The van der Waals surface area contributed by atoms with Crippen molar-refractivity contribution < 1.29 is 37.4 Å². The number of anilines is 1. The largest absolute Gasteiger partial charge is 0.482 e. The molecule has 2 aromatic rings. The number of benzene rings is 2. The summed E-state index contributed by atoms with van der Waals surface area (Å²) < 4.78 is 45.4. The normalized spacial score (nSPS) is 15.8. The molecule has 1 aliphatic heterocycles. The molecule has 0 bridgehead atoms. The van der Waals surface area contributed by atoms with Crippen LogP contribution >= 0.6 is 24.2 Å². The van der Waals surface area contributed by atoms with E-state index in [1.54, 1.807) is 0 Å². The quantitative estimate of drug-likeness (QED) is 0.424. The van der Waals surface area contributed by atoms with Gasteiger partial charge in [0, 0.05) is 36.5 Å². The molecule has 1 fully saturated rings. The first-order chi connectivity index (χ1) is 16.1. The van der Waals surface area contributed by atoms with E-state index in [1.807, 2.05) is 0 Å². The molecular formula is C22H23ClF3N3O5S. The number of carbonyl (C=O) groups is 3. The SMILES string of the molecule is Cl.N[C@@H](CC(=O)N1CCSC1C(=O)Nc1ccc(OCC(=O)O)cc1)Cc1cc(F)c(F)cc1F. The van der Waals surface area contributed by atoms with Crippen LogP contribution in [0.2, 0.25) is 0 Å². The van der Waals surface area contributed by atoms with Crippen LogP contribution in [0.25, 0.3) is 0 Å². The van der Waals surface area contributed by atoms with Crippen LogP contribution < -0.4 is 15.8 Å². The number of nitrogens with one attached hydrogen (secondary N) is 1. The van der Waals surface area contributed by atoms with Gasteiger partial charge in [0.25, 0.3) is 5.91 Å². The van der Waals surface area contributed by atoms with Crippen molar-refractivity contribution in [1.29, 1.82) is 0 Å². The number of amides is 2. The number of rotatable bonds is 9. The summed E-state index contributed by atoms with van der Waals surface area (Å²) in [6.45, 7) is -0.178. The molecule has 1 saturated heterocycles. The van der Waals surface area contributed by atoms with Crippen molar-refractivity contribution in [3.63, 3.8) is 0 Å². The molecule has 190 valence electrons. The van der Waals surface area contributed by atoms with Gasteiger partial charge in [-0.25, -0.2) is 18.0 Å². The molecule has 0 aliphatic carbocycles. The zero-order valence-electron chi connectivity index (χ0n) is 18.2. The molecular weight excluding hydrogens is 511 g/mol. The molecule has 1 heterocycles. The van der Waals surface area contributed by atoms with E-state index in [9.17, 15) is 27.6 Å². The average Bonchev–Trinajstić information content (AvgIpc) is 3.27. The lowest BCUT2D eigenvalue weighted by Crippen LogP contribution is -2.44. The topological polar surface area (TPSA) is 122 Å². The Kier molecular flexibility index (Phi) is 10.2. The molecule has 13 heteroatoms. The third-order valence-corrected chi connectivity index (χ3v) is 6.13. The summed E-state index contributed by atoms with van der Waals surface area (Å²) in [5.74, 6) is -4.59. The highest BCUT2D eigenvalue weighted by atomic mass is 35.5. The summed E-state index contributed by atoms with van der Waals surface area (Å²) in [4.78, 5) is 37.4. The van der Waals surface area contributed by atoms with Crippen molar-refractivity contribution in [2.75, 3.05) is 24.2 Å². The monoisotopic (exact) mass is 533 g/mol. The Labute approximate surface area is 209 Å². The van der Waals surface area contributed by atoms with Gasteiger partial charge in [0.15, 0.2) is 23.6 Å². The molecule has 0 aromatic heterocycles.